The topological polar surface area (TPSA) is 113 Å². The van der Waals surface area contributed by atoms with E-state index in [4.69, 9.17) is 15.9 Å². The van der Waals surface area contributed by atoms with Gasteiger partial charge in [-0.2, -0.15) is 11.8 Å². The molecule has 0 saturated heterocycles. The minimum atomic E-state index is -0.888. The van der Waals surface area contributed by atoms with Crippen LogP contribution in [0.1, 0.15) is 72.1 Å². The molecule has 2 unspecified atom stereocenters. The van der Waals surface area contributed by atoms with Gasteiger partial charge in [0.2, 0.25) is 0 Å². The quantitative estimate of drug-likeness (QED) is 0.297. The van der Waals surface area contributed by atoms with Crippen molar-refractivity contribution in [3.05, 3.63) is 0 Å². The molecule has 5 N–H and O–H groups in total. The molecule has 0 aliphatic heterocycles. The number of aliphatic carboxylic acids is 2. The predicted molar refractivity (Wildman–Crippen MR) is 111 cm³/mol. The van der Waals surface area contributed by atoms with Crippen LogP contribution in [-0.4, -0.2) is 52.8 Å². The summed E-state index contributed by atoms with van der Waals surface area (Å²) in [7, 11) is 0. The summed E-state index contributed by atoms with van der Waals surface area (Å²) in [5, 5.41) is 20.4. The Morgan fingerprint density at radius 2 is 1.58 bits per heavy atom. The Balaban J connectivity index is 0. The maximum Gasteiger partial charge on any atom is 0.320 e. The lowest BCUT2D eigenvalue weighted by molar-refractivity contribution is -0.141. The largest absolute Gasteiger partial charge is 0.481 e. The van der Waals surface area contributed by atoms with Gasteiger partial charge in [0.15, 0.2) is 0 Å². The normalized spacial score (nSPS) is 12.8. The van der Waals surface area contributed by atoms with Crippen LogP contribution in [0.2, 0.25) is 0 Å². The Bertz CT molecular complexity index is 312. The smallest absolute Gasteiger partial charge is 0.320 e. The molecule has 26 heavy (non-hydrogen) atoms. The van der Waals surface area contributed by atoms with Crippen molar-refractivity contribution in [3.8, 4) is 0 Å². The molecule has 0 rings (SSSR count). The molecule has 0 fully saturated rings. The maximum atomic E-state index is 10.4. The first-order chi connectivity index (χ1) is 12.4. The lowest BCUT2D eigenvalue weighted by atomic mass is 10.0. The van der Waals surface area contributed by atoms with E-state index in [2.05, 4.69) is 19.2 Å². The number of thioether (sulfide) groups is 1. The van der Waals surface area contributed by atoms with Crippen molar-refractivity contribution in [1.29, 1.82) is 0 Å². The van der Waals surface area contributed by atoms with Crippen LogP contribution in [0, 0.1) is 5.92 Å². The Morgan fingerprint density at radius 3 is 2.12 bits per heavy atom. The second-order valence-corrected chi connectivity index (χ2v) is 7.76. The predicted octanol–water partition coefficient (Wildman–Crippen LogP) is 3.59. The third-order valence-corrected chi connectivity index (χ3v) is 5.08. The van der Waals surface area contributed by atoms with E-state index in [1.165, 1.54) is 12.2 Å². The van der Waals surface area contributed by atoms with E-state index in [-0.39, 0.29) is 5.92 Å². The van der Waals surface area contributed by atoms with Crippen LogP contribution >= 0.6 is 11.8 Å². The number of nitrogens with two attached hydrogens (primary N) is 1. The van der Waals surface area contributed by atoms with Crippen molar-refractivity contribution in [1.82, 2.24) is 5.32 Å². The molecule has 0 aromatic heterocycles. The highest BCUT2D eigenvalue weighted by atomic mass is 32.2. The van der Waals surface area contributed by atoms with Gasteiger partial charge in [0, 0.05) is 0 Å². The van der Waals surface area contributed by atoms with E-state index in [0.29, 0.717) is 6.42 Å². The van der Waals surface area contributed by atoms with Crippen molar-refractivity contribution in [2.75, 3.05) is 24.6 Å². The summed E-state index contributed by atoms with van der Waals surface area (Å²) >= 11 is 1.93. The van der Waals surface area contributed by atoms with Crippen LogP contribution in [0.3, 0.4) is 0 Å². The molecule has 0 radical (unpaired) electrons. The first-order valence-corrected chi connectivity index (χ1v) is 11.0. The fraction of sp³-hybridized carbons (Fsp3) is 0.895. The van der Waals surface area contributed by atoms with Crippen LogP contribution in [0.15, 0.2) is 0 Å². The molecular formula is C19H40N2O4S. The molecule has 6 nitrogen and oxygen atoms in total. The van der Waals surface area contributed by atoms with Crippen molar-refractivity contribution < 1.29 is 19.8 Å². The Hall–Kier alpha value is -0.790. The molecule has 2 atom stereocenters. The van der Waals surface area contributed by atoms with E-state index in [1.807, 2.05) is 11.8 Å². The Morgan fingerprint density at radius 1 is 0.923 bits per heavy atom. The molecule has 0 bridgehead atoms. The molecule has 0 aliphatic rings. The summed E-state index contributed by atoms with van der Waals surface area (Å²) < 4.78 is 0. The van der Waals surface area contributed by atoms with E-state index in [9.17, 15) is 9.59 Å². The number of unbranched alkanes of at least 4 members (excludes halogenated alkanes) is 2. The fourth-order valence-corrected chi connectivity index (χ4v) is 2.97. The average molecular weight is 393 g/mol. The van der Waals surface area contributed by atoms with Crippen LogP contribution in [0.4, 0.5) is 0 Å². The number of carboxylic acid groups (broad SMARTS) is 2. The van der Waals surface area contributed by atoms with Crippen LogP contribution < -0.4 is 11.1 Å². The Labute approximate surface area is 163 Å². The zero-order valence-corrected chi connectivity index (χ0v) is 17.7. The second kappa shape index (κ2) is 20.5. The minimum Gasteiger partial charge on any atom is -0.481 e. The second-order valence-electron chi connectivity index (χ2n) is 6.54. The highest BCUT2D eigenvalue weighted by molar-refractivity contribution is 7.99. The number of carbonyl (C=O) groups is 2. The number of rotatable bonds is 16. The first kappa shape index (κ1) is 27.4. The van der Waals surface area contributed by atoms with E-state index in [1.54, 1.807) is 6.92 Å². The molecule has 0 spiro atoms. The minimum absolute atomic E-state index is 0.189. The van der Waals surface area contributed by atoms with Gasteiger partial charge in [-0.3, -0.25) is 9.59 Å². The number of carboxylic acids is 2. The van der Waals surface area contributed by atoms with Gasteiger partial charge in [-0.25, -0.2) is 0 Å². The molecule has 0 saturated carbocycles. The van der Waals surface area contributed by atoms with Gasteiger partial charge in [0.05, 0.1) is 5.92 Å². The molecule has 0 aliphatic carbocycles. The van der Waals surface area contributed by atoms with E-state index < -0.39 is 18.0 Å². The van der Waals surface area contributed by atoms with E-state index in [0.717, 1.165) is 57.4 Å². The van der Waals surface area contributed by atoms with Gasteiger partial charge in [0.25, 0.3) is 0 Å². The maximum absolute atomic E-state index is 10.4. The number of nitrogens with one attached hydrogen (secondary N) is 1. The first-order valence-electron chi connectivity index (χ1n) is 9.86. The third kappa shape index (κ3) is 21.3. The van der Waals surface area contributed by atoms with Gasteiger partial charge in [-0.1, -0.05) is 33.6 Å². The summed E-state index contributed by atoms with van der Waals surface area (Å²) in [5.74, 6) is 0.569. The summed E-state index contributed by atoms with van der Waals surface area (Å²) in [6.07, 6.45) is 7.84. The molecule has 0 aromatic carbocycles. The van der Waals surface area contributed by atoms with Crippen LogP contribution in [-0.2, 0) is 9.59 Å². The van der Waals surface area contributed by atoms with Gasteiger partial charge in [-0.05, 0) is 63.1 Å². The molecule has 0 amide bonds. The van der Waals surface area contributed by atoms with Crippen molar-refractivity contribution in [3.63, 3.8) is 0 Å². The average Bonchev–Trinajstić information content (AvgIpc) is 2.60. The number of hydrogen-bond acceptors (Lipinski definition) is 5. The lowest BCUT2D eigenvalue weighted by Gasteiger charge is -2.05. The fourth-order valence-electron chi connectivity index (χ4n) is 2.06. The lowest BCUT2D eigenvalue weighted by Crippen LogP contribution is -2.29. The summed E-state index contributed by atoms with van der Waals surface area (Å²) in [6, 6.07) is -0.670. The molecule has 0 aromatic rings. The third-order valence-electron chi connectivity index (χ3n) is 3.81. The molecule has 156 valence electrons. The van der Waals surface area contributed by atoms with E-state index >= 15 is 0 Å². The summed E-state index contributed by atoms with van der Waals surface area (Å²) in [6.45, 7) is 8.14. The molecular weight excluding hydrogens is 352 g/mol. The van der Waals surface area contributed by atoms with Crippen molar-refractivity contribution in [2.24, 2.45) is 11.7 Å². The highest BCUT2D eigenvalue weighted by Crippen LogP contribution is 2.08. The molecule has 0 heterocycles. The zero-order chi connectivity index (χ0) is 20.2. The van der Waals surface area contributed by atoms with Gasteiger partial charge in [-0.15, -0.1) is 0 Å². The van der Waals surface area contributed by atoms with Crippen LogP contribution in [0.25, 0.3) is 0 Å². The van der Waals surface area contributed by atoms with Crippen molar-refractivity contribution >= 4 is 23.7 Å². The van der Waals surface area contributed by atoms with Gasteiger partial charge in [0.1, 0.15) is 6.04 Å². The Kier molecular flexibility index (Phi) is 21.6. The zero-order valence-electron chi connectivity index (χ0n) is 16.8. The molecule has 7 heteroatoms. The number of hydrogen-bond donors (Lipinski definition) is 4. The summed E-state index contributed by atoms with van der Waals surface area (Å²) in [5.41, 5.74) is 5.35. The standard InChI is InChI=1S/C10H21NO2.C9H19NO2S/c1-3-7-11-8-5-4-6-9(2)10(12)13;1-2-6-13-7-4-3-5-8(10)9(11)12/h9,11H,3-8H2,1-2H3,(H,12,13);8H,2-7,10H2,1H3,(H,11,12). The highest BCUT2D eigenvalue weighted by Gasteiger charge is 2.10. The van der Waals surface area contributed by atoms with Gasteiger partial charge < -0.3 is 21.3 Å². The van der Waals surface area contributed by atoms with Crippen molar-refractivity contribution in [2.45, 2.75) is 78.2 Å². The van der Waals surface area contributed by atoms with Crippen LogP contribution in [0.5, 0.6) is 0 Å². The monoisotopic (exact) mass is 392 g/mol. The SMILES string of the molecule is CCCNCCCCC(C)C(=O)O.CCCSCCCCC(N)C(=O)O. The van der Waals surface area contributed by atoms with Gasteiger partial charge >= 0.3 is 11.9 Å². The summed E-state index contributed by atoms with van der Waals surface area (Å²) in [4.78, 5) is 20.8.